The quantitative estimate of drug-likeness (QED) is 0.581. The molecule has 140 valence electrons. The zero-order valence-electron chi connectivity index (χ0n) is 15.0. The average Bonchev–Trinajstić information content (AvgIpc) is 2.95. The van der Waals surface area contributed by atoms with E-state index in [0.717, 1.165) is 11.1 Å². The van der Waals surface area contributed by atoms with Gasteiger partial charge in [0.25, 0.3) is 0 Å². The monoisotopic (exact) mass is 373 g/mol. The molecule has 0 spiro atoms. The number of cyclic esters (lactones) is 1. The minimum Gasteiger partial charge on any atom is -0.493 e. The Labute approximate surface area is 154 Å². The van der Waals surface area contributed by atoms with Gasteiger partial charge in [0, 0.05) is 5.56 Å². The molecule has 0 unspecified atom stereocenters. The fraction of sp³-hybridized carbons (Fsp3) is 0.200. The SMILES string of the molecule is COc1cc(C=C2N=C(c3cc(C)cc(C)c3)OC2=O)ccc1OC(F)F. The third-order valence-electron chi connectivity index (χ3n) is 3.80. The minimum atomic E-state index is -2.96. The van der Waals surface area contributed by atoms with Gasteiger partial charge in [-0.15, -0.1) is 0 Å². The van der Waals surface area contributed by atoms with Gasteiger partial charge in [0.2, 0.25) is 5.90 Å². The highest BCUT2D eigenvalue weighted by atomic mass is 19.3. The molecule has 27 heavy (non-hydrogen) atoms. The van der Waals surface area contributed by atoms with E-state index < -0.39 is 12.6 Å². The summed E-state index contributed by atoms with van der Waals surface area (Å²) < 4.78 is 39.5. The van der Waals surface area contributed by atoms with E-state index in [9.17, 15) is 13.6 Å². The van der Waals surface area contributed by atoms with Crippen molar-refractivity contribution in [1.82, 2.24) is 0 Å². The van der Waals surface area contributed by atoms with Crippen LogP contribution in [0.1, 0.15) is 22.3 Å². The Morgan fingerprint density at radius 2 is 1.78 bits per heavy atom. The van der Waals surface area contributed by atoms with Gasteiger partial charge >= 0.3 is 12.6 Å². The van der Waals surface area contributed by atoms with E-state index in [2.05, 4.69) is 9.73 Å². The molecule has 1 heterocycles. The van der Waals surface area contributed by atoms with Crippen LogP contribution < -0.4 is 9.47 Å². The van der Waals surface area contributed by atoms with Gasteiger partial charge in [-0.05, 0) is 49.8 Å². The van der Waals surface area contributed by atoms with Crippen molar-refractivity contribution in [3.63, 3.8) is 0 Å². The molecular weight excluding hydrogens is 356 g/mol. The van der Waals surface area contributed by atoms with Crippen LogP contribution in [0.3, 0.4) is 0 Å². The van der Waals surface area contributed by atoms with Crippen molar-refractivity contribution < 1.29 is 27.8 Å². The molecule has 0 amide bonds. The third kappa shape index (κ3) is 4.31. The normalized spacial score (nSPS) is 15.1. The van der Waals surface area contributed by atoms with Gasteiger partial charge in [0.05, 0.1) is 7.11 Å². The lowest BCUT2D eigenvalue weighted by Crippen LogP contribution is -2.06. The highest BCUT2D eigenvalue weighted by Crippen LogP contribution is 2.31. The van der Waals surface area contributed by atoms with Gasteiger partial charge in [-0.1, -0.05) is 23.3 Å². The maximum atomic E-state index is 12.4. The average molecular weight is 373 g/mol. The summed E-state index contributed by atoms with van der Waals surface area (Å²) in [5, 5.41) is 0. The first-order valence-corrected chi connectivity index (χ1v) is 8.10. The van der Waals surface area contributed by atoms with Gasteiger partial charge in [-0.2, -0.15) is 8.78 Å². The molecule has 5 nitrogen and oxygen atoms in total. The molecule has 0 aliphatic carbocycles. The molecule has 0 saturated heterocycles. The molecule has 1 aliphatic heterocycles. The van der Waals surface area contributed by atoms with E-state index in [1.807, 2.05) is 32.0 Å². The summed E-state index contributed by atoms with van der Waals surface area (Å²) in [4.78, 5) is 16.4. The molecule has 0 fully saturated rings. The van der Waals surface area contributed by atoms with E-state index in [0.29, 0.717) is 11.1 Å². The number of nitrogens with zero attached hydrogens (tertiary/aromatic N) is 1. The number of aryl methyl sites for hydroxylation is 2. The van der Waals surface area contributed by atoms with E-state index in [1.165, 1.54) is 31.4 Å². The standard InChI is InChI=1S/C20H17F2NO4/c1-11-6-12(2)8-14(7-11)18-23-15(19(24)27-18)9-13-4-5-16(26-20(21)22)17(10-13)25-3/h4-10,20H,1-3H3. The molecule has 0 atom stereocenters. The van der Waals surface area contributed by atoms with Crippen LogP contribution in [0.4, 0.5) is 8.78 Å². The number of carbonyl (C=O) groups excluding carboxylic acids is 1. The summed E-state index contributed by atoms with van der Waals surface area (Å²) in [6.07, 6.45) is 1.49. The number of benzene rings is 2. The molecule has 0 radical (unpaired) electrons. The van der Waals surface area contributed by atoms with E-state index in [1.54, 1.807) is 0 Å². The van der Waals surface area contributed by atoms with Crippen LogP contribution in [-0.2, 0) is 9.53 Å². The minimum absolute atomic E-state index is 0.0944. The summed E-state index contributed by atoms with van der Waals surface area (Å²) in [5.41, 5.74) is 3.41. The Morgan fingerprint density at radius 3 is 2.41 bits per heavy atom. The van der Waals surface area contributed by atoms with Crippen molar-refractivity contribution in [3.05, 3.63) is 64.3 Å². The molecule has 1 aliphatic rings. The topological polar surface area (TPSA) is 57.1 Å². The number of carbonyl (C=O) groups is 1. The Balaban J connectivity index is 1.92. The maximum absolute atomic E-state index is 12.4. The van der Waals surface area contributed by atoms with Crippen molar-refractivity contribution in [2.24, 2.45) is 4.99 Å². The summed E-state index contributed by atoms with van der Waals surface area (Å²) in [6.45, 7) is 0.928. The zero-order valence-corrected chi connectivity index (χ0v) is 15.0. The number of alkyl halides is 2. The van der Waals surface area contributed by atoms with Gasteiger partial charge in [-0.25, -0.2) is 9.79 Å². The first-order chi connectivity index (χ1) is 12.9. The number of rotatable bonds is 5. The molecule has 0 aromatic heterocycles. The Bertz CT molecular complexity index is 931. The fourth-order valence-electron chi connectivity index (χ4n) is 2.76. The predicted octanol–water partition coefficient (Wildman–Crippen LogP) is 4.26. The second-order valence-electron chi connectivity index (χ2n) is 6.00. The lowest BCUT2D eigenvalue weighted by Gasteiger charge is -2.10. The van der Waals surface area contributed by atoms with Gasteiger partial charge < -0.3 is 14.2 Å². The maximum Gasteiger partial charge on any atom is 0.387 e. The zero-order chi connectivity index (χ0) is 19.6. The molecule has 0 bridgehead atoms. The number of methoxy groups -OCH3 is 1. The number of halogens is 2. The Hall–Kier alpha value is -3.22. The first kappa shape index (κ1) is 18.6. The van der Waals surface area contributed by atoms with E-state index in [-0.39, 0.29) is 23.1 Å². The van der Waals surface area contributed by atoms with E-state index >= 15 is 0 Å². The fourth-order valence-corrected chi connectivity index (χ4v) is 2.76. The lowest BCUT2D eigenvalue weighted by atomic mass is 10.1. The molecule has 7 heteroatoms. The van der Waals surface area contributed by atoms with Gasteiger partial charge in [0.15, 0.2) is 17.2 Å². The number of ether oxygens (including phenoxy) is 3. The van der Waals surface area contributed by atoms with Gasteiger partial charge in [0.1, 0.15) is 0 Å². The van der Waals surface area contributed by atoms with Crippen molar-refractivity contribution in [2.75, 3.05) is 7.11 Å². The predicted molar refractivity (Wildman–Crippen MR) is 96.1 cm³/mol. The second kappa shape index (κ2) is 7.57. The number of esters is 1. The molecular formula is C20H17F2NO4. The Morgan fingerprint density at radius 1 is 1.07 bits per heavy atom. The summed E-state index contributed by atoms with van der Waals surface area (Å²) in [6, 6.07) is 10.1. The van der Waals surface area contributed by atoms with Crippen molar-refractivity contribution in [1.29, 1.82) is 0 Å². The summed E-state index contributed by atoms with van der Waals surface area (Å²) >= 11 is 0. The number of aliphatic imine (C=N–C) groups is 1. The molecule has 2 aromatic carbocycles. The largest absolute Gasteiger partial charge is 0.493 e. The van der Waals surface area contributed by atoms with Crippen LogP contribution >= 0.6 is 0 Å². The molecule has 0 N–H and O–H groups in total. The van der Waals surface area contributed by atoms with Gasteiger partial charge in [-0.3, -0.25) is 0 Å². The molecule has 2 aromatic rings. The van der Waals surface area contributed by atoms with E-state index in [4.69, 9.17) is 9.47 Å². The van der Waals surface area contributed by atoms with Crippen molar-refractivity contribution >= 4 is 17.9 Å². The number of hydrogen-bond acceptors (Lipinski definition) is 5. The van der Waals surface area contributed by atoms with Crippen molar-refractivity contribution in [3.8, 4) is 11.5 Å². The van der Waals surface area contributed by atoms with Crippen molar-refractivity contribution in [2.45, 2.75) is 20.5 Å². The molecule has 0 saturated carbocycles. The van der Waals surface area contributed by atoms with Crippen LogP contribution in [0.5, 0.6) is 11.5 Å². The lowest BCUT2D eigenvalue weighted by molar-refractivity contribution is -0.129. The number of hydrogen-bond donors (Lipinski definition) is 0. The van der Waals surface area contributed by atoms with Crippen LogP contribution in [0.25, 0.3) is 6.08 Å². The van der Waals surface area contributed by atoms with Crippen LogP contribution in [0.15, 0.2) is 47.1 Å². The van der Waals surface area contributed by atoms with Crippen LogP contribution in [-0.4, -0.2) is 25.6 Å². The Kier molecular flexibility index (Phi) is 5.21. The highest BCUT2D eigenvalue weighted by molar-refractivity contribution is 6.13. The third-order valence-corrected chi connectivity index (χ3v) is 3.80. The molecule has 3 rings (SSSR count). The summed E-state index contributed by atoms with van der Waals surface area (Å²) in [5.74, 6) is -0.337. The smallest absolute Gasteiger partial charge is 0.387 e. The first-order valence-electron chi connectivity index (χ1n) is 8.10. The summed E-state index contributed by atoms with van der Waals surface area (Å²) in [7, 11) is 1.34. The highest BCUT2D eigenvalue weighted by Gasteiger charge is 2.24. The van der Waals surface area contributed by atoms with Crippen LogP contribution in [0, 0.1) is 13.8 Å². The van der Waals surface area contributed by atoms with Crippen LogP contribution in [0.2, 0.25) is 0 Å². The second-order valence-corrected chi connectivity index (χ2v) is 6.00.